The number of nitrogens with one attached hydrogen (secondary N) is 1. The van der Waals surface area contributed by atoms with Gasteiger partial charge in [0, 0.05) is 24.9 Å². The topological polar surface area (TPSA) is 15.8 Å². The van der Waals surface area contributed by atoms with Crippen LogP contribution in [0.1, 0.15) is 0 Å². The molecular formula is C12H6Cl2IN. The second-order valence-electron chi connectivity index (χ2n) is 3.63. The highest BCUT2D eigenvalue weighted by Crippen LogP contribution is 2.33. The molecule has 0 fully saturated rings. The predicted octanol–water partition coefficient (Wildman–Crippen LogP) is 5.23. The van der Waals surface area contributed by atoms with E-state index in [4.69, 9.17) is 23.2 Å². The van der Waals surface area contributed by atoms with Gasteiger partial charge in [-0.2, -0.15) is 0 Å². The average molecular weight is 362 g/mol. The van der Waals surface area contributed by atoms with E-state index < -0.39 is 0 Å². The molecule has 16 heavy (non-hydrogen) atoms. The lowest BCUT2D eigenvalue weighted by atomic mass is 10.1. The highest BCUT2D eigenvalue weighted by atomic mass is 127. The van der Waals surface area contributed by atoms with Crippen molar-refractivity contribution in [3.8, 4) is 0 Å². The monoisotopic (exact) mass is 361 g/mol. The molecule has 2 aromatic carbocycles. The minimum Gasteiger partial charge on any atom is -0.353 e. The first-order valence-electron chi connectivity index (χ1n) is 4.71. The number of rotatable bonds is 0. The van der Waals surface area contributed by atoms with Gasteiger partial charge in [0.2, 0.25) is 0 Å². The van der Waals surface area contributed by atoms with Gasteiger partial charge in [0.1, 0.15) is 0 Å². The predicted molar refractivity (Wildman–Crippen MR) is 78.5 cm³/mol. The van der Waals surface area contributed by atoms with E-state index in [9.17, 15) is 0 Å². The first-order valence-corrected chi connectivity index (χ1v) is 6.54. The quantitative estimate of drug-likeness (QED) is 0.527. The first-order chi connectivity index (χ1) is 7.65. The van der Waals surface area contributed by atoms with Gasteiger partial charge in [-0.15, -0.1) is 0 Å². The molecule has 1 aromatic heterocycles. The van der Waals surface area contributed by atoms with Crippen molar-refractivity contribution >= 4 is 67.6 Å². The van der Waals surface area contributed by atoms with Crippen LogP contribution in [0.15, 0.2) is 30.3 Å². The summed E-state index contributed by atoms with van der Waals surface area (Å²) < 4.78 is 1.20. The van der Waals surface area contributed by atoms with Crippen molar-refractivity contribution in [2.24, 2.45) is 0 Å². The normalized spacial score (nSPS) is 11.4. The number of benzene rings is 2. The Balaban J connectivity index is 2.57. The summed E-state index contributed by atoms with van der Waals surface area (Å²) >= 11 is 14.5. The van der Waals surface area contributed by atoms with Crippen LogP contribution in [0.3, 0.4) is 0 Å². The first kappa shape index (κ1) is 10.7. The summed E-state index contributed by atoms with van der Waals surface area (Å²) in [6, 6.07) is 9.94. The average Bonchev–Trinajstić information content (AvgIpc) is 2.57. The highest BCUT2D eigenvalue weighted by molar-refractivity contribution is 14.1. The fraction of sp³-hybridized carbons (Fsp3) is 0. The SMILES string of the molecule is Clc1cc(Cl)c2[nH]c3ccc(I)cc3c2c1. The van der Waals surface area contributed by atoms with E-state index in [1.54, 1.807) is 6.07 Å². The Bertz CT molecular complexity index is 703. The molecule has 0 aliphatic rings. The van der Waals surface area contributed by atoms with Crippen molar-refractivity contribution in [2.75, 3.05) is 0 Å². The third kappa shape index (κ3) is 1.60. The molecule has 1 heterocycles. The molecule has 0 spiro atoms. The Hall–Kier alpha value is -0.450. The van der Waals surface area contributed by atoms with E-state index >= 15 is 0 Å². The van der Waals surface area contributed by atoms with Gasteiger partial charge < -0.3 is 4.98 Å². The van der Waals surface area contributed by atoms with Crippen LogP contribution in [-0.4, -0.2) is 4.98 Å². The lowest BCUT2D eigenvalue weighted by Gasteiger charge is -1.96. The number of H-pyrrole nitrogens is 1. The van der Waals surface area contributed by atoms with Crippen molar-refractivity contribution in [1.82, 2.24) is 4.98 Å². The summed E-state index contributed by atoms with van der Waals surface area (Å²) in [7, 11) is 0. The minimum atomic E-state index is 0.661. The van der Waals surface area contributed by atoms with E-state index in [1.165, 1.54) is 3.57 Å². The van der Waals surface area contributed by atoms with Crippen molar-refractivity contribution in [3.05, 3.63) is 43.9 Å². The van der Waals surface area contributed by atoms with Crippen molar-refractivity contribution < 1.29 is 0 Å². The van der Waals surface area contributed by atoms with Crippen molar-refractivity contribution in [2.45, 2.75) is 0 Å². The zero-order chi connectivity index (χ0) is 11.3. The molecule has 0 aliphatic heterocycles. The van der Waals surface area contributed by atoms with Gasteiger partial charge in [-0.25, -0.2) is 0 Å². The molecular weight excluding hydrogens is 356 g/mol. The number of halogens is 3. The van der Waals surface area contributed by atoms with Crippen LogP contribution >= 0.6 is 45.8 Å². The molecule has 1 nitrogen and oxygen atoms in total. The largest absolute Gasteiger partial charge is 0.353 e. The van der Waals surface area contributed by atoms with Crippen LogP contribution in [0, 0.1) is 3.57 Å². The van der Waals surface area contributed by atoms with Gasteiger partial charge in [0.05, 0.1) is 10.5 Å². The van der Waals surface area contributed by atoms with Crippen LogP contribution in [-0.2, 0) is 0 Å². The third-order valence-corrected chi connectivity index (χ3v) is 3.77. The molecule has 0 bridgehead atoms. The molecule has 0 aliphatic carbocycles. The Kier molecular flexibility index (Phi) is 2.53. The maximum absolute atomic E-state index is 6.16. The molecule has 0 amide bonds. The van der Waals surface area contributed by atoms with Crippen LogP contribution in [0.4, 0.5) is 0 Å². The van der Waals surface area contributed by atoms with Gasteiger partial charge in [0.15, 0.2) is 0 Å². The second kappa shape index (κ2) is 3.79. The zero-order valence-corrected chi connectivity index (χ0v) is 11.7. The van der Waals surface area contributed by atoms with E-state index in [1.807, 2.05) is 6.07 Å². The van der Waals surface area contributed by atoms with E-state index in [0.29, 0.717) is 10.0 Å². The molecule has 0 saturated heterocycles. The number of aromatic amines is 1. The Morgan fingerprint density at radius 2 is 1.81 bits per heavy atom. The van der Waals surface area contributed by atoms with Gasteiger partial charge in [-0.05, 0) is 52.9 Å². The number of hydrogen-bond donors (Lipinski definition) is 1. The molecule has 3 rings (SSSR count). The molecule has 3 aromatic rings. The summed E-state index contributed by atoms with van der Waals surface area (Å²) in [4.78, 5) is 3.31. The van der Waals surface area contributed by atoms with Crippen LogP contribution in [0.25, 0.3) is 21.8 Å². The van der Waals surface area contributed by atoms with Crippen LogP contribution in [0.5, 0.6) is 0 Å². The summed E-state index contributed by atoms with van der Waals surface area (Å²) in [6.45, 7) is 0. The Morgan fingerprint density at radius 3 is 2.62 bits per heavy atom. The third-order valence-electron chi connectivity index (χ3n) is 2.59. The maximum atomic E-state index is 6.16. The standard InChI is InChI=1S/C12H6Cl2IN/c13-6-3-9-8-5-7(15)1-2-11(8)16-12(9)10(14)4-6/h1-5,16H. The van der Waals surface area contributed by atoms with Gasteiger partial charge in [0.25, 0.3) is 0 Å². The molecule has 0 unspecified atom stereocenters. The highest BCUT2D eigenvalue weighted by Gasteiger charge is 2.08. The second-order valence-corrected chi connectivity index (χ2v) is 5.71. The van der Waals surface area contributed by atoms with Gasteiger partial charge in [-0.3, -0.25) is 0 Å². The fourth-order valence-electron chi connectivity index (χ4n) is 1.90. The number of fused-ring (bicyclic) bond motifs is 3. The van der Waals surface area contributed by atoms with E-state index in [-0.39, 0.29) is 0 Å². The molecule has 0 atom stereocenters. The van der Waals surface area contributed by atoms with E-state index in [0.717, 1.165) is 21.8 Å². The molecule has 0 saturated carbocycles. The van der Waals surface area contributed by atoms with Crippen molar-refractivity contribution in [3.63, 3.8) is 0 Å². The van der Waals surface area contributed by atoms with Crippen LogP contribution in [0.2, 0.25) is 10.0 Å². The fourth-order valence-corrected chi connectivity index (χ4v) is 2.93. The number of hydrogen-bond acceptors (Lipinski definition) is 0. The minimum absolute atomic E-state index is 0.661. The summed E-state index contributed by atoms with van der Waals surface area (Å²) in [6.07, 6.45) is 0. The number of aromatic nitrogens is 1. The van der Waals surface area contributed by atoms with Crippen molar-refractivity contribution in [1.29, 1.82) is 0 Å². The molecule has 0 radical (unpaired) electrons. The lowest BCUT2D eigenvalue weighted by molar-refractivity contribution is 1.54. The maximum Gasteiger partial charge on any atom is 0.0662 e. The molecule has 80 valence electrons. The Morgan fingerprint density at radius 1 is 1.00 bits per heavy atom. The van der Waals surface area contributed by atoms with Crippen LogP contribution < -0.4 is 0 Å². The van der Waals surface area contributed by atoms with E-state index in [2.05, 4.69) is 45.8 Å². The summed E-state index contributed by atoms with van der Waals surface area (Å²) in [5.74, 6) is 0. The summed E-state index contributed by atoms with van der Waals surface area (Å²) in [5.41, 5.74) is 2.03. The molecule has 1 N–H and O–H groups in total. The zero-order valence-electron chi connectivity index (χ0n) is 8.02. The smallest absolute Gasteiger partial charge is 0.0662 e. The Labute approximate surface area is 116 Å². The summed E-state index contributed by atoms with van der Waals surface area (Å²) in [5, 5.41) is 3.56. The van der Waals surface area contributed by atoms with Gasteiger partial charge >= 0.3 is 0 Å². The molecule has 4 heteroatoms. The van der Waals surface area contributed by atoms with Gasteiger partial charge in [-0.1, -0.05) is 23.2 Å². The lowest BCUT2D eigenvalue weighted by Crippen LogP contribution is -1.71.